The Balaban J connectivity index is 1.86. The quantitative estimate of drug-likeness (QED) is 0.794. The number of aryl methyl sites for hydroxylation is 1. The van der Waals surface area contributed by atoms with Gasteiger partial charge in [-0.05, 0) is 47.9 Å². The Kier molecular flexibility index (Phi) is 5.56. The molecule has 2 aromatic rings. The fourth-order valence-electron chi connectivity index (χ4n) is 1.70. The summed E-state index contributed by atoms with van der Waals surface area (Å²) in [7, 11) is 1.72. The average Bonchev–Trinajstić information content (AvgIpc) is 2.91. The third-order valence-corrected chi connectivity index (χ3v) is 3.42. The van der Waals surface area contributed by atoms with Crippen LogP contribution >= 0.6 is 11.8 Å². The van der Waals surface area contributed by atoms with Gasteiger partial charge in [-0.25, -0.2) is 4.79 Å². The predicted molar refractivity (Wildman–Crippen MR) is 84.3 cm³/mol. The maximum Gasteiger partial charge on any atom is 0.319 e. The molecule has 112 valence electrons. The molecule has 0 bridgehead atoms. The number of nitrogens with zero attached hydrogens (tertiary/aromatic N) is 4. The van der Waals surface area contributed by atoms with E-state index in [1.807, 2.05) is 30.5 Å². The number of rotatable bonds is 6. The van der Waals surface area contributed by atoms with Crippen LogP contribution in [0.2, 0.25) is 0 Å². The normalized spacial score (nSPS) is 10.4. The molecule has 21 heavy (non-hydrogen) atoms. The first kappa shape index (κ1) is 15.3. The Hall–Kier alpha value is -2.09. The number of hydrogen-bond acceptors (Lipinski definition) is 5. The Morgan fingerprint density at radius 1 is 1.33 bits per heavy atom. The van der Waals surface area contributed by atoms with Crippen LogP contribution in [0.3, 0.4) is 0 Å². The number of amides is 2. The molecule has 0 unspecified atom stereocenters. The van der Waals surface area contributed by atoms with Gasteiger partial charge in [-0.15, -0.1) is 10.2 Å². The van der Waals surface area contributed by atoms with Crippen LogP contribution in [-0.2, 0) is 7.05 Å². The molecule has 1 heterocycles. The van der Waals surface area contributed by atoms with Gasteiger partial charge in [-0.3, -0.25) is 0 Å². The summed E-state index contributed by atoms with van der Waals surface area (Å²) >= 11 is 1.77. The van der Waals surface area contributed by atoms with Gasteiger partial charge in [0.2, 0.25) is 5.82 Å². The van der Waals surface area contributed by atoms with Gasteiger partial charge >= 0.3 is 6.03 Å². The first-order valence-electron chi connectivity index (χ1n) is 6.57. The largest absolute Gasteiger partial charge is 0.338 e. The second-order valence-electron chi connectivity index (χ2n) is 4.41. The van der Waals surface area contributed by atoms with Gasteiger partial charge in [0.25, 0.3) is 0 Å². The molecular weight excluding hydrogens is 288 g/mol. The van der Waals surface area contributed by atoms with Crippen molar-refractivity contribution in [1.29, 1.82) is 0 Å². The molecule has 0 fully saturated rings. The lowest BCUT2D eigenvalue weighted by atomic mass is 10.2. The van der Waals surface area contributed by atoms with Crippen LogP contribution < -0.4 is 10.6 Å². The number of thioether (sulfide) groups is 1. The van der Waals surface area contributed by atoms with Gasteiger partial charge in [-0.1, -0.05) is 0 Å². The van der Waals surface area contributed by atoms with Crippen LogP contribution in [0, 0.1) is 0 Å². The Labute approximate surface area is 127 Å². The number of carbonyl (C=O) groups is 1. The number of urea groups is 1. The molecular formula is C13H18N6OS. The standard InChI is InChI=1S/C13H18N6OS/c1-19-17-12(16-18-19)10-4-6-11(7-5-10)15-13(20)14-8-3-9-21-2/h4-7H,3,8-9H2,1-2H3,(H2,14,15,20). The van der Waals surface area contributed by atoms with E-state index in [9.17, 15) is 4.79 Å². The van der Waals surface area contributed by atoms with E-state index in [-0.39, 0.29) is 6.03 Å². The number of benzene rings is 1. The zero-order valence-corrected chi connectivity index (χ0v) is 12.9. The highest BCUT2D eigenvalue weighted by atomic mass is 32.2. The Bertz CT molecular complexity index is 583. The average molecular weight is 306 g/mol. The van der Waals surface area contributed by atoms with Gasteiger partial charge in [0.05, 0.1) is 7.05 Å². The van der Waals surface area contributed by atoms with Gasteiger partial charge in [-0.2, -0.15) is 16.6 Å². The van der Waals surface area contributed by atoms with Crippen LogP contribution in [0.4, 0.5) is 10.5 Å². The number of carbonyl (C=O) groups excluding carboxylic acids is 1. The van der Waals surface area contributed by atoms with Crippen molar-refractivity contribution in [2.45, 2.75) is 6.42 Å². The molecule has 8 heteroatoms. The lowest BCUT2D eigenvalue weighted by Crippen LogP contribution is -2.29. The number of tetrazole rings is 1. The van der Waals surface area contributed by atoms with Crippen molar-refractivity contribution in [3.8, 4) is 11.4 Å². The van der Waals surface area contributed by atoms with Gasteiger partial charge in [0.1, 0.15) is 0 Å². The van der Waals surface area contributed by atoms with E-state index >= 15 is 0 Å². The van der Waals surface area contributed by atoms with Crippen LogP contribution in [0.15, 0.2) is 24.3 Å². The summed E-state index contributed by atoms with van der Waals surface area (Å²) in [5.41, 5.74) is 1.58. The zero-order chi connectivity index (χ0) is 15.1. The van der Waals surface area contributed by atoms with Gasteiger partial charge < -0.3 is 10.6 Å². The number of anilines is 1. The fourth-order valence-corrected chi connectivity index (χ4v) is 2.13. The predicted octanol–water partition coefficient (Wildman–Crippen LogP) is 1.75. The highest BCUT2D eigenvalue weighted by molar-refractivity contribution is 7.98. The summed E-state index contributed by atoms with van der Waals surface area (Å²) in [5.74, 6) is 1.60. The minimum absolute atomic E-state index is 0.193. The molecule has 0 saturated carbocycles. The molecule has 2 amide bonds. The molecule has 0 radical (unpaired) electrons. The molecule has 7 nitrogen and oxygen atoms in total. The van der Waals surface area contributed by atoms with Crippen molar-refractivity contribution in [3.63, 3.8) is 0 Å². The van der Waals surface area contributed by atoms with Crippen molar-refractivity contribution < 1.29 is 4.79 Å². The van der Waals surface area contributed by atoms with Crippen molar-refractivity contribution >= 4 is 23.5 Å². The first-order chi connectivity index (χ1) is 10.2. The van der Waals surface area contributed by atoms with E-state index in [0.717, 1.165) is 23.4 Å². The fraction of sp³-hybridized carbons (Fsp3) is 0.385. The van der Waals surface area contributed by atoms with E-state index in [1.165, 1.54) is 4.80 Å². The smallest absolute Gasteiger partial charge is 0.319 e. The summed E-state index contributed by atoms with van der Waals surface area (Å²) in [6, 6.07) is 7.13. The SMILES string of the molecule is CSCCCNC(=O)Nc1ccc(-c2nnn(C)n2)cc1. The van der Waals surface area contributed by atoms with Crippen LogP contribution in [-0.4, -0.2) is 44.8 Å². The van der Waals surface area contributed by atoms with Gasteiger partial charge in [0, 0.05) is 17.8 Å². The minimum Gasteiger partial charge on any atom is -0.338 e. The van der Waals surface area contributed by atoms with E-state index in [1.54, 1.807) is 18.8 Å². The Morgan fingerprint density at radius 2 is 2.10 bits per heavy atom. The Morgan fingerprint density at radius 3 is 2.71 bits per heavy atom. The van der Waals surface area contributed by atoms with Gasteiger partial charge in [0.15, 0.2) is 0 Å². The lowest BCUT2D eigenvalue weighted by Gasteiger charge is -2.07. The molecule has 0 aliphatic rings. The summed E-state index contributed by atoms with van der Waals surface area (Å²) in [6.07, 6.45) is 3.01. The van der Waals surface area contributed by atoms with Crippen molar-refractivity contribution in [1.82, 2.24) is 25.5 Å². The minimum atomic E-state index is -0.193. The van der Waals surface area contributed by atoms with Crippen molar-refractivity contribution in [2.24, 2.45) is 7.05 Å². The second-order valence-corrected chi connectivity index (χ2v) is 5.39. The molecule has 0 atom stereocenters. The molecule has 2 N–H and O–H groups in total. The summed E-state index contributed by atoms with van der Waals surface area (Å²) in [6.45, 7) is 0.675. The molecule has 0 spiro atoms. The van der Waals surface area contributed by atoms with Crippen molar-refractivity contribution in [2.75, 3.05) is 23.9 Å². The number of nitrogens with one attached hydrogen (secondary N) is 2. The molecule has 1 aromatic heterocycles. The molecule has 0 saturated heterocycles. The molecule has 1 aromatic carbocycles. The van der Waals surface area contributed by atoms with E-state index in [2.05, 4.69) is 26.0 Å². The second kappa shape index (κ2) is 7.63. The third-order valence-electron chi connectivity index (χ3n) is 2.72. The maximum atomic E-state index is 11.7. The van der Waals surface area contributed by atoms with E-state index in [0.29, 0.717) is 12.4 Å². The van der Waals surface area contributed by atoms with Crippen LogP contribution in [0.1, 0.15) is 6.42 Å². The summed E-state index contributed by atoms with van der Waals surface area (Å²) < 4.78 is 0. The number of hydrogen-bond donors (Lipinski definition) is 2. The highest BCUT2D eigenvalue weighted by Gasteiger charge is 2.05. The molecule has 0 aliphatic heterocycles. The van der Waals surface area contributed by atoms with Crippen LogP contribution in [0.25, 0.3) is 11.4 Å². The van der Waals surface area contributed by atoms with E-state index in [4.69, 9.17) is 0 Å². The highest BCUT2D eigenvalue weighted by Crippen LogP contribution is 2.16. The maximum absolute atomic E-state index is 11.7. The van der Waals surface area contributed by atoms with E-state index < -0.39 is 0 Å². The molecule has 0 aliphatic carbocycles. The third kappa shape index (κ3) is 4.75. The molecule has 2 rings (SSSR count). The number of aromatic nitrogens is 4. The van der Waals surface area contributed by atoms with Crippen LogP contribution in [0.5, 0.6) is 0 Å². The monoisotopic (exact) mass is 306 g/mol. The topological polar surface area (TPSA) is 84.7 Å². The zero-order valence-electron chi connectivity index (χ0n) is 12.0. The first-order valence-corrected chi connectivity index (χ1v) is 7.96. The van der Waals surface area contributed by atoms with Crippen molar-refractivity contribution in [3.05, 3.63) is 24.3 Å². The summed E-state index contributed by atoms with van der Waals surface area (Å²) in [5, 5.41) is 17.4. The lowest BCUT2D eigenvalue weighted by molar-refractivity contribution is 0.252. The summed E-state index contributed by atoms with van der Waals surface area (Å²) in [4.78, 5) is 13.1.